The maximum atomic E-state index is 11.4. The largest absolute Gasteiger partial charge is 0.459 e. The molecule has 1 aliphatic rings. The summed E-state index contributed by atoms with van der Waals surface area (Å²) < 4.78 is 8.05. The number of aldehydes is 1. The van der Waals surface area contributed by atoms with Gasteiger partial charge in [-0.1, -0.05) is 48.5 Å². The average Bonchev–Trinajstić information content (AvgIpc) is 3.24. The molecule has 2 heterocycles. The number of nitrogens with zero attached hydrogens (tertiary/aromatic N) is 2. The summed E-state index contributed by atoms with van der Waals surface area (Å²) >= 11 is 0. The molecular weight excluding hydrogens is 326 g/mol. The second kappa shape index (κ2) is 7.04. The topological polar surface area (TPSA) is 55.6 Å². The van der Waals surface area contributed by atoms with Crippen LogP contribution < -0.4 is 5.32 Å². The summed E-state index contributed by atoms with van der Waals surface area (Å²) in [4.78, 5) is 15.4. The third-order valence-corrected chi connectivity index (χ3v) is 4.79. The van der Waals surface area contributed by atoms with Gasteiger partial charge in [0.25, 0.3) is 6.02 Å². The Bertz CT molecular complexity index is 946. The van der Waals surface area contributed by atoms with Gasteiger partial charge in [0.2, 0.25) is 0 Å². The molecule has 132 valence electrons. The number of para-hydroxylation sites is 1. The second-order valence-corrected chi connectivity index (χ2v) is 6.48. The first-order valence-corrected chi connectivity index (χ1v) is 8.74. The van der Waals surface area contributed by atoms with Crippen LogP contribution in [0.1, 0.15) is 11.1 Å². The zero-order valence-electron chi connectivity index (χ0n) is 14.6. The van der Waals surface area contributed by atoms with Crippen LogP contribution in [0.2, 0.25) is 0 Å². The Kier molecular flexibility index (Phi) is 4.44. The predicted molar refractivity (Wildman–Crippen MR) is 102 cm³/mol. The highest BCUT2D eigenvalue weighted by Crippen LogP contribution is 2.25. The number of fused-ring (bicyclic) bond motifs is 1. The quantitative estimate of drug-likeness (QED) is 0.722. The van der Waals surface area contributed by atoms with Gasteiger partial charge in [-0.2, -0.15) is 0 Å². The highest BCUT2D eigenvalue weighted by atomic mass is 16.5. The number of benzene rings is 2. The molecule has 0 amide bonds. The molecule has 0 spiro atoms. The van der Waals surface area contributed by atoms with E-state index in [1.807, 2.05) is 12.1 Å². The van der Waals surface area contributed by atoms with Crippen LogP contribution in [0.15, 0.2) is 65.8 Å². The van der Waals surface area contributed by atoms with E-state index in [9.17, 15) is 4.79 Å². The Morgan fingerprint density at radius 2 is 1.92 bits per heavy atom. The third-order valence-electron chi connectivity index (χ3n) is 4.79. The lowest BCUT2D eigenvalue weighted by atomic mass is 10.0. The Morgan fingerprint density at radius 3 is 2.69 bits per heavy atom. The van der Waals surface area contributed by atoms with Gasteiger partial charge in [0.1, 0.15) is 18.4 Å². The molecule has 3 aromatic rings. The Balaban J connectivity index is 1.66. The molecule has 0 saturated carbocycles. The zero-order chi connectivity index (χ0) is 17.9. The van der Waals surface area contributed by atoms with Gasteiger partial charge in [0.05, 0.1) is 0 Å². The van der Waals surface area contributed by atoms with Gasteiger partial charge < -0.3 is 19.4 Å². The van der Waals surface area contributed by atoms with E-state index in [0.29, 0.717) is 12.4 Å². The third kappa shape index (κ3) is 3.08. The average molecular weight is 347 g/mol. The number of rotatable bonds is 5. The number of hydrogen-bond donors (Lipinski definition) is 1. The van der Waals surface area contributed by atoms with Crippen molar-refractivity contribution < 1.29 is 9.53 Å². The van der Waals surface area contributed by atoms with Gasteiger partial charge in [-0.25, -0.2) is 4.99 Å². The first-order valence-electron chi connectivity index (χ1n) is 8.74. The number of carbonyl (C=O) groups excluding carboxylic acids is 1. The number of aliphatic imine (C=N–C) groups is 1. The minimum absolute atomic E-state index is 0.248. The molecular formula is C21H21N3O2. The van der Waals surface area contributed by atoms with Crippen molar-refractivity contribution in [2.45, 2.75) is 25.1 Å². The van der Waals surface area contributed by atoms with E-state index in [2.05, 4.69) is 63.5 Å². The monoisotopic (exact) mass is 347 g/mol. The highest BCUT2D eigenvalue weighted by Gasteiger charge is 2.33. The number of nitrogens with one attached hydrogen (secondary N) is 1. The van der Waals surface area contributed by atoms with Crippen molar-refractivity contribution in [1.82, 2.24) is 9.88 Å². The van der Waals surface area contributed by atoms with Crippen LogP contribution in [0.25, 0.3) is 10.9 Å². The molecule has 0 bridgehead atoms. The Hall–Kier alpha value is -3.08. The van der Waals surface area contributed by atoms with Crippen LogP contribution in [0.4, 0.5) is 0 Å². The number of aromatic nitrogens is 1. The molecule has 0 radical (unpaired) electrons. The number of ether oxygens (including phenoxy) is 1. The number of hydrogen-bond acceptors (Lipinski definition) is 3. The molecule has 1 saturated heterocycles. The molecule has 1 aliphatic heterocycles. The van der Waals surface area contributed by atoms with Crippen molar-refractivity contribution in [1.29, 1.82) is 0 Å². The summed E-state index contributed by atoms with van der Waals surface area (Å²) in [5.74, 6) is 0. The fourth-order valence-corrected chi connectivity index (χ4v) is 3.51. The number of carbonyl (C=O) groups is 1. The lowest BCUT2D eigenvalue weighted by molar-refractivity contribution is -0.110. The highest BCUT2D eigenvalue weighted by molar-refractivity contribution is 5.85. The van der Waals surface area contributed by atoms with Crippen molar-refractivity contribution in [3.63, 3.8) is 0 Å². The van der Waals surface area contributed by atoms with Crippen molar-refractivity contribution in [2.75, 3.05) is 7.05 Å². The van der Waals surface area contributed by atoms with E-state index in [0.717, 1.165) is 12.8 Å². The molecule has 5 heteroatoms. The summed E-state index contributed by atoms with van der Waals surface area (Å²) in [7, 11) is 1.65. The zero-order valence-corrected chi connectivity index (χ0v) is 14.6. The van der Waals surface area contributed by atoms with Crippen LogP contribution >= 0.6 is 0 Å². The maximum absolute atomic E-state index is 11.4. The van der Waals surface area contributed by atoms with Crippen LogP contribution in [0.3, 0.4) is 0 Å². The van der Waals surface area contributed by atoms with E-state index >= 15 is 0 Å². The number of amidine groups is 1. The van der Waals surface area contributed by atoms with E-state index in [4.69, 9.17) is 4.74 Å². The molecule has 0 aliphatic carbocycles. The SMILES string of the molecule is CN=C1NC(C=O)C(Cc2cn(Cc3ccccc3)c3ccccc23)O1. The fourth-order valence-electron chi connectivity index (χ4n) is 3.51. The summed E-state index contributed by atoms with van der Waals surface area (Å²) in [6, 6.07) is 18.8. The fraction of sp³-hybridized carbons (Fsp3) is 0.238. The first kappa shape index (κ1) is 16.4. The molecule has 5 nitrogen and oxygen atoms in total. The van der Waals surface area contributed by atoms with Gasteiger partial charge in [0.15, 0.2) is 0 Å². The van der Waals surface area contributed by atoms with Gasteiger partial charge >= 0.3 is 0 Å². The molecule has 2 atom stereocenters. The summed E-state index contributed by atoms with van der Waals surface area (Å²) in [5, 5.41) is 4.20. The van der Waals surface area contributed by atoms with Crippen molar-refractivity contribution in [2.24, 2.45) is 4.99 Å². The summed E-state index contributed by atoms with van der Waals surface area (Å²) in [5.41, 5.74) is 3.61. The van der Waals surface area contributed by atoms with Gasteiger partial charge in [-0.05, 0) is 17.2 Å². The lowest BCUT2D eigenvalue weighted by Gasteiger charge is -2.11. The molecule has 26 heavy (non-hydrogen) atoms. The van der Waals surface area contributed by atoms with Crippen molar-refractivity contribution in [3.8, 4) is 0 Å². The van der Waals surface area contributed by atoms with E-state index in [-0.39, 0.29) is 12.1 Å². The minimum Gasteiger partial charge on any atom is -0.459 e. The molecule has 1 fully saturated rings. The minimum atomic E-state index is -0.370. The summed E-state index contributed by atoms with van der Waals surface area (Å²) in [6.45, 7) is 0.809. The van der Waals surface area contributed by atoms with Crippen LogP contribution in [0.5, 0.6) is 0 Å². The van der Waals surface area contributed by atoms with Gasteiger partial charge in [0, 0.05) is 37.1 Å². The Labute approximate surface area is 152 Å². The first-order chi connectivity index (χ1) is 12.8. The van der Waals surface area contributed by atoms with E-state index < -0.39 is 0 Å². The molecule has 2 aromatic carbocycles. The van der Waals surface area contributed by atoms with E-state index in [1.165, 1.54) is 22.0 Å². The van der Waals surface area contributed by atoms with E-state index in [1.54, 1.807) is 7.05 Å². The van der Waals surface area contributed by atoms with Crippen LogP contribution in [0, 0.1) is 0 Å². The van der Waals surface area contributed by atoms with Crippen LogP contribution in [-0.2, 0) is 22.5 Å². The lowest BCUT2D eigenvalue weighted by Crippen LogP contribution is -2.34. The Morgan fingerprint density at radius 1 is 1.15 bits per heavy atom. The molecule has 1 N–H and O–H groups in total. The second-order valence-electron chi connectivity index (χ2n) is 6.48. The summed E-state index contributed by atoms with van der Waals surface area (Å²) in [6.07, 6.45) is 3.47. The van der Waals surface area contributed by atoms with Crippen molar-refractivity contribution >= 4 is 23.2 Å². The van der Waals surface area contributed by atoms with Crippen LogP contribution in [-0.4, -0.2) is 36.1 Å². The maximum Gasteiger partial charge on any atom is 0.285 e. The standard InChI is InChI=1S/C21H21N3O2/c1-22-21-23-18(14-25)20(26-21)11-16-13-24(12-15-7-3-2-4-8-15)19-10-6-5-9-17(16)19/h2-10,13-14,18,20H,11-12H2,1H3,(H,22,23). The van der Waals surface area contributed by atoms with Gasteiger partial charge in [-0.15, -0.1) is 0 Å². The van der Waals surface area contributed by atoms with Gasteiger partial charge in [-0.3, -0.25) is 0 Å². The molecule has 4 rings (SSSR count). The van der Waals surface area contributed by atoms with Crippen molar-refractivity contribution in [3.05, 3.63) is 71.9 Å². The normalized spacial score (nSPS) is 20.9. The molecule has 1 aromatic heterocycles. The molecule has 2 unspecified atom stereocenters. The smallest absolute Gasteiger partial charge is 0.285 e. The predicted octanol–water partition coefficient (Wildman–Crippen LogP) is 2.77.